The number of fused-ring (bicyclic) bond motifs is 3. The molecule has 0 N–H and O–H groups in total. The normalized spacial score (nSPS) is 11.3. The molecule has 0 aliphatic heterocycles. The van der Waals surface area contributed by atoms with Crippen molar-refractivity contribution in [2.75, 3.05) is 0 Å². The van der Waals surface area contributed by atoms with Crippen molar-refractivity contribution in [2.24, 2.45) is 0 Å². The van der Waals surface area contributed by atoms with Gasteiger partial charge in [0.05, 0.1) is 34.2 Å². The first-order valence-electron chi connectivity index (χ1n) is 18.2. The summed E-state index contributed by atoms with van der Waals surface area (Å²) in [6.45, 7) is 0. The number of benzene rings is 6. The maximum atomic E-state index is 5.36. The second kappa shape index (κ2) is 14.0. The van der Waals surface area contributed by atoms with Gasteiger partial charge in [-0.15, -0.1) is 11.3 Å². The Bertz CT molecular complexity index is 2700. The molecule has 0 saturated carbocycles. The van der Waals surface area contributed by atoms with Crippen molar-refractivity contribution in [1.29, 1.82) is 0 Å². The fraction of sp³-hybridized carbons (Fsp3) is 0. The van der Waals surface area contributed by atoms with E-state index in [2.05, 4.69) is 78.9 Å². The van der Waals surface area contributed by atoms with E-state index in [1.807, 2.05) is 121 Å². The molecule has 0 aliphatic rings. The van der Waals surface area contributed by atoms with Gasteiger partial charge >= 0.3 is 0 Å². The van der Waals surface area contributed by atoms with Gasteiger partial charge in [0, 0.05) is 42.4 Å². The summed E-state index contributed by atoms with van der Waals surface area (Å²) in [5, 5.41) is 2.49. The second-order valence-corrected chi connectivity index (χ2v) is 14.4. The minimum Gasteiger partial charge on any atom is -0.244 e. The Morgan fingerprint density at radius 3 is 1.20 bits per heavy atom. The molecule has 10 rings (SSSR count). The van der Waals surface area contributed by atoms with Gasteiger partial charge in [-0.2, -0.15) is 0 Å². The first-order valence-corrected chi connectivity index (χ1v) is 19.0. The molecule has 4 heterocycles. The lowest BCUT2D eigenvalue weighted by molar-refractivity contribution is 1.14. The summed E-state index contributed by atoms with van der Waals surface area (Å²) in [5.41, 5.74) is 10.5. The maximum absolute atomic E-state index is 5.36. The Labute approximate surface area is 322 Å². The highest BCUT2D eigenvalue weighted by molar-refractivity contribution is 7.25. The van der Waals surface area contributed by atoms with Crippen LogP contribution in [-0.2, 0) is 0 Å². The number of nitrogens with zero attached hydrogens (tertiary/aromatic N) is 5. The van der Waals surface area contributed by atoms with Crippen molar-refractivity contribution >= 4 is 31.5 Å². The average molecular weight is 722 g/mol. The zero-order valence-electron chi connectivity index (χ0n) is 29.5. The summed E-state index contributed by atoms with van der Waals surface area (Å²) in [5.74, 6) is 1.27. The SMILES string of the molecule is c1ccc(-c2cc(-c3cc(-c4ccc5sc6ccccc6c5c4)cc(-c4cc(-c5ccccc5)nc(-c5ccccc5)n4)n3)nc(-c3ccccc3)n2)cc1. The molecule has 6 aromatic carbocycles. The van der Waals surface area contributed by atoms with Crippen LogP contribution in [0.4, 0.5) is 0 Å². The van der Waals surface area contributed by atoms with Crippen molar-refractivity contribution < 1.29 is 0 Å². The minimum atomic E-state index is 0.636. The predicted octanol–water partition coefficient (Wildman–Crippen LogP) is 12.7. The molecule has 0 radical (unpaired) electrons. The van der Waals surface area contributed by atoms with Crippen molar-refractivity contribution in [3.05, 3.63) is 188 Å². The Morgan fingerprint density at radius 1 is 0.255 bits per heavy atom. The highest BCUT2D eigenvalue weighted by Gasteiger charge is 2.18. The number of aromatic nitrogens is 5. The molecular weight excluding hydrogens is 691 g/mol. The predicted molar refractivity (Wildman–Crippen MR) is 226 cm³/mol. The second-order valence-electron chi connectivity index (χ2n) is 13.3. The number of rotatable bonds is 7. The van der Waals surface area contributed by atoms with Crippen molar-refractivity contribution in [3.8, 4) is 79.2 Å². The van der Waals surface area contributed by atoms with Crippen LogP contribution < -0.4 is 0 Å². The molecule has 0 amide bonds. The maximum Gasteiger partial charge on any atom is 0.160 e. The Morgan fingerprint density at radius 2 is 0.673 bits per heavy atom. The van der Waals surface area contributed by atoms with Crippen molar-refractivity contribution in [1.82, 2.24) is 24.9 Å². The number of hydrogen-bond donors (Lipinski definition) is 0. The number of pyridine rings is 1. The smallest absolute Gasteiger partial charge is 0.160 e. The van der Waals surface area contributed by atoms with Crippen LogP contribution in [0, 0.1) is 0 Å². The van der Waals surface area contributed by atoms with E-state index >= 15 is 0 Å². The van der Waals surface area contributed by atoms with Gasteiger partial charge in [0.2, 0.25) is 0 Å². The van der Waals surface area contributed by atoms with E-state index in [0.29, 0.717) is 11.6 Å². The van der Waals surface area contributed by atoms with Gasteiger partial charge < -0.3 is 0 Å². The molecule has 0 bridgehead atoms. The average Bonchev–Trinajstić information content (AvgIpc) is 3.65. The Balaban J connectivity index is 1.23. The fourth-order valence-corrected chi connectivity index (χ4v) is 8.05. The topological polar surface area (TPSA) is 64.5 Å². The van der Waals surface area contributed by atoms with Crippen LogP contribution in [0.5, 0.6) is 0 Å². The first kappa shape index (κ1) is 32.5. The van der Waals surface area contributed by atoms with E-state index in [1.165, 1.54) is 20.2 Å². The molecule has 0 saturated heterocycles. The van der Waals surface area contributed by atoms with Gasteiger partial charge in [0.25, 0.3) is 0 Å². The third-order valence-electron chi connectivity index (χ3n) is 9.72. The quantitative estimate of drug-likeness (QED) is 0.164. The molecule has 55 heavy (non-hydrogen) atoms. The van der Waals surface area contributed by atoms with Gasteiger partial charge in [-0.05, 0) is 53.6 Å². The molecular formula is C49H31N5S. The standard InChI is InChI=1S/C49H31N5S/c1-5-15-32(16-6-1)40-30-44(53-48(51-40)34-19-9-3-10-20-34)42-28-37(36-25-26-47-39(27-36)38-23-13-14-24-46(38)55-47)29-43(50-42)45-31-41(33-17-7-2-8-18-33)52-49(54-45)35-21-11-4-12-22-35/h1-31H. The van der Waals surface area contributed by atoms with Crippen LogP contribution >= 0.6 is 11.3 Å². The summed E-state index contributed by atoms with van der Waals surface area (Å²) in [7, 11) is 0. The molecule has 5 nitrogen and oxygen atoms in total. The molecule has 0 aliphatic carbocycles. The molecule has 10 aromatic rings. The van der Waals surface area contributed by atoms with E-state index in [4.69, 9.17) is 24.9 Å². The molecule has 258 valence electrons. The minimum absolute atomic E-state index is 0.636. The first-order chi connectivity index (χ1) is 27.2. The molecule has 4 aromatic heterocycles. The van der Waals surface area contributed by atoms with Gasteiger partial charge in [-0.3, -0.25) is 0 Å². The number of thiophene rings is 1. The van der Waals surface area contributed by atoms with Crippen LogP contribution in [0.25, 0.3) is 99.4 Å². The van der Waals surface area contributed by atoms with Crippen LogP contribution in [-0.4, -0.2) is 24.9 Å². The molecule has 0 spiro atoms. The van der Waals surface area contributed by atoms with Gasteiger partial charge in [-0.1, -0.05) is 146 Å². The van der Waals surface area contributed by atoms with Gasteiger partial charge in [-0.25, -0.2) is 24.9 Å². The lowest BCUT2D eigenvalue weighted by Crippen LogP contribution is -2.00. The molecule has 0 atom stereocenters. The van der Waals surface area contributed by atoms with Crippen molar-refractivity contribution in [3.63, 3.8) is 0 Å². The summed E-state index contributed by atoms with van der Waals surface area (Å²) in [4.78, 5) is 25.8. The monoisotopic (exact) mass is 721 g/mol. The summed E-state index contributed by atoms with van der Waals surface area (Å²) in [6, 6.07) is 64.4. The lowest BCUT2D eigenvalue weighted by Gasteiger charge is -2.13. The molecule has 6 heteroatoms. The Kier molecular flexibility index (Phi) is 8.28. The van der Waals surface area contributed by atoms with Gasteiger partial charge in [0.1, 0.15) is 0 Å². The summed E-state index contributed by atoms with van der Waals surface area (Å²) in [6.07, 6.45) is 0. The summed E-state index contributed by atoms with van der Waals surface area (Å²) < 4.78 is 2.53. The van der Waals surface area contributed by atoms with Crippen molar-refractivity contribution in [2.45, 2.75) is 0 Å². The zero-order valence-corrected chi connectivity index (χ0v) is 30.4. The van der Waals surface area contributed by atoms with E-state index in [-0.39, 0.29) is 0 Å². The highest BCUT2D eigenvalue weighted by atomic mass is 32.1. The zero-order chi connectivity index (χ0) is 36.6. The highest BCUT2D eigenvalue weighted by Crippen LogP contribution is 2.38. The number of hydrogen-bond acceptors (Lipinski definition) is 6. The van der Waals surface area contributed by atoms with Crippen LogP contribution in [0.1, 0.15) is 0 Å². The van der Waals surface area contributed by atoms with Gasteiger partial charge in [0.15, 0.2) is 11.6 Å². The summed E-state index contributed by atoms with van der Waals surface area (Å²) >= 11 is 1.82. The van der Waals surface area contributed by atoms with Crippen LogP contribution in [0.2, 0.25) is 0 Å². The third kappa shape index (κ3) is 6.45. The van der Waals surface area contributed by atoms with E-state index < -0.39 is 0 Å². The fourth-order valence-electron chi connectivity index (χ4n) is 6.97. The van der Waals surface area contributed by atoms with Crippen LogP contribution in [0.3, 0.4) is 0 Å². The van der Waals surface area contributed by atoms with E-state index in [0.717, 1.165) is 67.5 Å². The molecule has 0 unspecified atom stereocenters. The third-order valence-corrected chi connectivity index (χ3v) is 10.9. The van der Waals surface area contributed by atoms with E-state index in [1.54, 1.807) is 0 Å². The lowest BCUT2D eigenvalue weighted by atomic mass is 10.00. The van der Waals surface area contributed by atoms with E-state index in [9.17, 15) is 0 Å². The largest absolute Gasteiger partial charge is 0.244 e. The van der Waals surface area contributed by atoms with Crippen LogP contribution in [0.15, 0.2) is 188 Å². The molecule has 0 fully saturated rings. The Hall–Kier alpha value is -7.15.